The monoisotopic (exact) mass is 229 g/mol. The molecule has 1 heterocycles. The third kappa shape index (κ3) is 3.72. The maximum atomic E-state index is 5.49. The molecule has 0 spiro atoms. The summed E-state index contributed by atoms with van der Waals surface area (Å²) in [7, 11) is 1.79. The molecule has 1 atom stereocenters. The zero-order valence-corrected chi connectivity index (χ0v) is 11.1. The molecule has 0 radical (unpaired) electrons. The standard InChI is InChI=1S/C13H27NO2/c1-4-7-14-11-13(12(2)10-15-3)5-8-16-9-6-13/h12,14H,4-11H2,1-3H3. The van der Waals surface area contributed by atoms with E-state index in [9.17, 15) is 0 Å². The van der Waals surface area contributed by atoms with Gasteiger partial charge < -0.3 is 14.8 Å². The van der Waals surface area contributed by atoms with Crippen molar-refractivity contribution in [3.63, 3.8) is 0 Å². The van der Waals surface area contributed by atoms with Crippen molar-refractivity contribution >= 4 is 0 Å². The van der Waals surface area contributed by atoms with E-state index in [1.165, 1.54) is 6.42 Å². The van der Waals surface area contributed by atoms with Gasteiger partial charge in [-0.3, -0.25) is 0 Å². The molecule has 3 heteroatoms. The van der Waals surface area contributed by atoms with Crippen LogP contribution < -0.4 is 5.32 Å². The van der Waals surface area contributed by atoms with E-state index < -0.39 is 0 Å². The van der Waals surface area contributed by atoms with Crippen LogP contribution in [0.4, 0.5) is 0 Å². The van der Waals surface area contributed by atoms with Crippen molar-refractivity contribution in [2.24, 2.45) is 11.3 Å². The highest BCUT2D eigenvalue weighted by Crippen LogP contribution is 2.37. The predicted octanol–water partition coefficient (Wildman–Crippen LogP) is 2.07. The van der Waals surface area contributed by atoms with Gasteiger partial charge in [-0.2, -0.15) is 0 Å². The molecule has 1 aliphatic heterocycles. The second kappa shape index (κ2) is 7.25. The molecule has 1 N–H and O–H groups in total. The number of methoxy groups -OCH3 is 1. The average molecular weight is 229 g/mol. The van der Waals surface area contributed by atoms with Gasteiger partial charge in [-0.05, 0) is 37.1 Å². The van der Waals surface area contributed by atoms with Crippen LogP contribution in [0, 0.1) is 11.3 Å². The van der Waals surface area contributed by atoms with E-state index in [2.05, 4.69) is 19.2 Å². The minimum absolute atomic E-state index is 0.378. The molecule has 3 nitrogen and oxygen atoms in total. The number of hydrogen-bond acceptors (Lipinski definition) is 3. The number of hydrogen-bond donors (Lipinski definition) is 1. The van der Waals surface area contributed by atoms with Gasteiger partial charge in [-0.25, -0.2) is 0 Å². The molecule has 1 rings (SSSR count). The lowest BCUT2D eigenvalue weighted by Crippen LogP contribution is -2.45. The Hall–Kier alpha value is -0.120. The molecule has 0 aromatic rings. The van der Waals surface area contributed by atoms with Crippen LogP contribution in [0.3, 0.4) is 0 Å². The summed E-state index contributed by atoms with van der Waals surface area (Å²) in [5.41, 5.74) is 0.378. The second-order valence-corrected chi connectivity index (χ2v) is 5.01. The molecule has 0 aliphatic carbocycles. The largest absolute Gasteiger partial charge is 0.384 e. The van der Waals surface area contributed by atoms with Crippen LogP contribution in [0.25, 0.3) is 0 Å². The molecule has 96 valence electrons. The van der Waals surface area contributed by atoms with Gasteiger partial charge in [0, 0.05) is 33.5 Å². The quantitative estimate of drug-likeness (QED) is 0.678. The lowest BCUT2D eigenvalue weighted by molar-refractivity contribution is -0.0331. The predicted molar refractivity (Wildman–Crippen MR) is 66.7 cm³/mol. The Bertz CT molecular complexity index is 179. The molecule has 16 heavy (non-hydrogen) atoms. The minimum Gasteiger partial charge on any atom is -0.384 e. The molecule has 0 aromatic carbocycles. The van der Waals surface area contributed by atoms with Gasteiger partial charge in [-0.1, -0.05) is 13.8 Å². The lowest BCUT2D eigenvalue weighted by Gasteiger charge is -2.42. The van der Waals surface area contributed by atoms with Crippen LogP contribution in [0.15, 0.2) is 0 Å². The first-order chi connectivity index (χ1) is 7.75. The van der Waals surface area contributed by atoms with Gasteiger partial charge in [0.05, 0.1) is 0 Å². The maximum absolute atomic E-state index is 5.49. The summed E-state index contributed by atoms with van der Waals surface area (Å²) in [5.74, 6) is 0.603. The summed E-state index contributed by atoms with van der Waals surface area (Å²) in [6.07, 6.45) is 3.52. The van der Waals surface area contributed by atoms with Gasteiger partial charge in [0.2, 0.25) is 0 Å². The molecule has 0 saturated carbocycles. The number of nitrogens with one attached hydrogen (secondary N) is 1. The van der Waals surface area contributed by atoms with Crippen LogP contribution >= 0.6 is 0 Å². The van der Waals surface area contributed by atoms with E-state index in [-0.39, 0.29) is 0 Å². The molecule has 1 unspecified atom stereocenters. The molecule has 0 amide bonds. The van der Waals surface area contributed by atoms with Crippen molar-refractivity contribution in [1.82, 2.24) is 5.32 Å². The van der Waals surface area contributed by atoms with Crippen molar-refractivity contribution in [3.05, 3.63) is 0 Å². The van der Waals surface area contributed by atoms with E-state index >= 15 is 0 Å². The summed E-state index contributed by atoms with van der Waals surface area (Å²) < 4.78 is 10.8. The van der Waals surface area contributed by atoms with Gasteiger partial charge in [0.1, 0.15) is 0 Å². The third-order valence-electron chi connectivity index (χ3n) is 3.85. The Labute approximate surface area is 99.9 Å². The van der Waals surface area contributed by atoms with Crippen molar-refractivity contribution in [3.8, 4) is 0 Å². The highest BCUT2D eigenvalue weighted by Gasteiger charge is 2.37. The molecule has 1 aliphatic rings. The Morgan fingerprint density at radius 3 is 2.62 bits per heavy atom. The summed E-state index contributed by atoms with van der Waals surface area (Å²) in [6.45, 7) is 9.40. The molecular weight excluding hydrogens is 202 g/mol. The molecule has 0 aromatic heterocycles. The number of ether oxygens (including phenoxy) is 2. The fourth-order valence-corrected chi connectivity index (χ4v) is 2.56. The fourth-order valence-electron chi connectivity index (χ4n) is 2.56. The topological polar surface area (TPSA) is 30.5 Å². The molecule has 1 fully saturated rings. The normalized spacial score (nSPS) is 21.9. The third-order valence-corrected chi connectivity index (χ3v) is 3.85. The van der Waals surface area contributed by atoms with E-state index in [0.717, 1.165) is 45.8 Å². The van der Waals surface area contributed by atoms with Crippen LogP contribution in [0.2, 0.25) is 0 Å². The van der Waals surface area contributed by atoms with E-state index in [1.807, 2.05) is 0 Å². The highest BCUT2D eigenvalue weighted by molar-refractivity contribution is 4.88. The van der Waals surface area contributed by atoms with Crippen LogP contribution in [-0.2, 0) is 9.47 Å². The van der Waals surface area contributed by atoms with Crippen molar-refractivity contribution in [1.29, 1.82) is 0 Å². The molecule has 0 bridgehead atoms. The Morgan fingerprint density at radius 1 is 1.38 bits per heavy atom. The molecule has 1 saturated heterocycles. The van der Waals surface area contributed by atoms with Crippen molar-refractivity contribution in [2.75, 3.05) is 40.0 Å². The Balaban J connectivity index is 2.52. The van der Waals surface area contributed by atoms with Crippen molar-refractivity contribution < 1.29 is 9.47 Å². The van der Waals surface area contributed by atoms with Crippen LogP contribution in [-0.4, -0.2) is 40.0 Å². The summed E-state index contributed by atoms with van der Waals surface area (Å²) in [5, 5.41) is 3.57. The average Bonchev–Trinajstić information content (AvgIpc) is 2.31. The van der Waals surface area contributed by atoms with E-state index in [1.54, 1.807) is 7.11 Å². The summed E-state index contributed by atoms with van der Waals surface area (Å²) >= 11 is 0. The van der Waals surface area contributed by atoms with Crippen LogP contribution in [0.1, 0.15) is 33.1 Å². The van der Waals surface area contributed by atoms with Gasteiger partial charge in [0.15, 0.2) is 0 Å². The summed E-state index contributed by atoms with van der Waals surface area (Å²) in [4.78, 5) is 0. The number of rotatable bonds is 7. The summed E-state index contributed by atoms with van der Waals surface area (Å²) in [6, 6.07) is 0. The highest BCUT2D eigenvalue weighted by atomic mass is 16.5. The second-order valence-electron chi connectivity index (χ2n) is 5.01. The first-order valence-corrected chi connectivity index (χ1v) is 6.52. The lowest BCUT2D eigenvalue weighted by atomic mass is 9.70. The van der Waals surface area contributed by atoms with Gasteiger partial charge in [0.25, 0.3) is 0 Å². The van der Waals surface area contributed by atoms with Gasteiger partial charge in [-0.15, -0.1) is 0 Å². The zero-order valence-electron chi connectivity index (χ0n) is 11.1. The van der Waals surface area contributed by atoms with Crippen LogP contribution in [0.5, 0.6) is 0 Å². The van der Waals surface area contributed by atoms with Gasteiger partial charge >= 0.3 is 0 Å². The Kier molecular flexibility index (Phi) is 6.32. The first-order valence-electron chi connectivity index (χ1n) is 6.52. The smallest absolute Gasteiger partial charge is 0.0493 e. The van der Waals surface area contributed by atoms with E-state index in [4.69, 9.17) is 9.47 Å². The maximum Gasteiger partial charge on any atom is 0.0493 e. The van der Waals surface area contributed by atoms with E-state index in [0.29, 0.717) is 11.3 Å². The minimum atomic E-state index is 0.378. The molecular formula is C13H27NO2. The first kappa shape index (κ1) is 13.9. The Morgan fingerprint density at radius 2 is 2.06 bits per heavy atom. The zero-order chi connectivity index (χ0) is 11.9. The SMILES string of the molecule is CCCNCC1(C(C)COC)CCOCC1. The fraction of sp³-hybridized carbons (Fsp3) is 1.00. The van der Waals surface area contributed by atoms with Crippen molar-refractivity contribution in [2.45, 2.75) is 33.1 Å².